The number of aryl methyl sites for hydroxylation is 2. The summed E-state index contributed by atoms with van der Waals surface area (Å²) in [5.41, 5.74) is 0.850. The van der Waals surface area contributed by atoms with Crippen molar-refractivity contribution in [3.63, 3.8) is 0 Å². The molecule has 0 saturated carbocycles. The minimum absolute atomic E-state index is 0.357. The zero-order chi connectivity index (χ0) is 12.3. The Hall–Kier alpha value is -1.85. The Morgan fingerprint density at radius 2 is 2.06 bits per heavy atom. The molecule has 6 nitrogen and oxygen atoms in total. The number of carbonyl (C=O) groups excluding carboxylic acids is 2. The molecule has 6 heteroatoms. The molecule has 0 aliphatic heterocycles. The van der Waals surface area contributed by atoms with Gasteiger partial charge in [0.2, 0.25) is 0 Å². The lowest BCUT2D eigenvalue weighted by Crippen LogP contribution is -2.39. The van der Waals surface area contributed by atoms with Gasteiger partial charge >= 0.3 is 5.97 Å². The molecule has 1 rings (SSSR count). The third-order valence-corrected chi connectivity index (χ3v) is 2.16. The highest BCUT2D eigenvalue weighted by molar-refractivity contribution is 5.98. The predicted octanol–water partition coefficient (Wildman–Crippen LogP) is 0.583. The number of nitrogens with zero attached hydrogens (tertiary/aromatic N) is 1. The largest absolute Gasteiger partial charge is 0.467 e. The maximum atomic E-state index is 11.8. The van der Waals surface area contributed by atoms with E-state index in [0.29, 0.717) is 17.0 Å². The maximum absolute atomic E-state index is 11.8. The summed E-state index contributed by atoms with van der Waals surface area (Å²) in [6.07, 6.45) is 0. The summed E-state index contributed by atoms with van der Waals surface area (Å²) in [5, 5.41) is 6.16. The summed E-state index contributed by atoms with van der Waals surface area (Å²) < 4.78 is 9.36. The lowest BCUT2D eigenvalue weighted by molar-refractivity contribution is -0.142. The second-order valence-corrected chi connectivity index (χ2v) is 3.42. The van der Waals surface area contributed by atoms with Crippen LogP contribution in [0.2, 0.25) is 0 Å². The fourth-order valence-corrected chi connectivity index (χ4v) is 1.31. The highest BCUT2D eigenvalue weighted by atomic mass is 16.5. The summed E-state index contributed by atoms with van der Waals surface area (Å²) >= 11 is 0. The number of hydrogen-bond acceptors (Lipinski definition) is 5. The average molecular weight is 226 g/mol. The van der Waals surface area contributed by atoms with Crippen molar-refractivity contribution in [2.45, 2.75) is 26.8 Å². The molecule has 1 aromatic heterocycles. The maximum Gasteiger partial charge on any atom is 0.328 e. The van der Waals surface area contributed by atoms with Gasteiger partial charge in [0.1, 0.15) is 17.4 Å². The van der Waals surface area contributed by atoms with Crippen molar-refractivity contribution < 1.29 is 18.8 Å². The van der Waals surface area contributed by atoms with Crippen LogP contribution in [0.15, 0.2) is 4.52 Å². The molecule has 16 heavy (non-hydrogen) atoms. The Balaban J connectivity index is 2.77. The number of carbonyl (C=O) groups is 2. The quantitative estimate of drug-likeness (QED) is 0.762. The van der Waals surface area contributed by atoms with E-state index in [4.69, 9.17) is 4.52 Å². The highest BCUT2D eigenvalue weighted by Crippen LogP contribution is 2.11. The number of rotatable bonds is 3. The smallest absolute Gasteiger partial charge is 0.328 e. The molecule has 88 valence electrons. The molecule has 0 aromatic carbocycles. The standard InChI is InChI=1S/C10H14N2O4/c1-5-8(7(3)16-12-5)9(13)11-6(2)10(14)15-4/h6H,1-4H3,(H,11,13). The average Bonchev–Trinajstić information content (AvgIpc) is 2.57. The molecule has 0 saturated heterocycles. The summed E-state index contributed by atoms with van der Waals surface area (Å²) in [4.78, 5) is 22.9. The first-order valence-electron chi connectivity index (χ1n) is 4.79. The van der Waals surface area contributed by atoms with E-state index in [-0.39, 0.29) is 0 Å². The van der Waals surface area contributed by atoms with Crippen LogP contribution < -0.4 is 5.32 Å². The van der Waals surface area contributed by atoms with Crippen LogP contribution in [-0.2, 0) is 9.53 Å². The molecule has 0 fully saturated rings. The van der Waals surface area contributed by atoms with Gasteiger partial charge in [-0.05, 0) is 20.8 Å². The Bertz CT molecular complexity index is 391. The number of methoxy groups -OCH3 is 1. The van der Waals surface area contributed by atoms with Gasteiger partial charge in [-0.1, -0.05) is 5.16 Å². The van der Waals surface area contributed by atoms with Crippen molar-refractivity contribution in [1.82, 2.24) is 10.5 Å². The fourth-order valence-electron chi connectivity index (χ4n) is 1.31. The van der Waals surface area contributed by atoms with E-state index >= 15 is 0 Å². The van der Waals surface area contributed by atoms with Crippen molar-refractivity contribution in [1.29, 1.82) is 0 Å². The molecule has 1 aromatic rings. The van der Waals surface area contributed by atoms with Crippen LogP contribution in [-0.4, -0.2) is 30.2 Å². The third-order valence-electron chi connectivity index (χ3n) is 2.16. The molecule has 1 N–H and O–H groups in total. The van der Waals surface area contributed by atoms with Crippen LogP contribution in [0.4, 0.5) is 0 Å². The third kappa shape index (κ3) is 2.39. The van der Waals surface area contributed by atoms with Gasteiger partial charge < -0.3 is 14.6 Å². The topological polar surface area (TPSA) is 81.4 Å². The van der Waals surface area contributed by atoms with E-state index in [0.717, 1.165) is 0 Å². The van der Waals surface area contributed by atoms with E-state index in [2.05, 4.69) is 15.2 Å². The van der Waals surface area contributed by atoms with Crippen LogP contribution >= 0.6 is 0 Å². The number of hydrogen-bond donors (Lipinski definition) is 1. The normalized spacial score (nSPS) is 12.0. The van der Waals surface area contributed by atoms with Crippen LogP contribution in [0.3, 0.4) is 0 Å². The summed E-state index contributed by atoms with van der Waals surface area (Å²) in [6, 6.07) is -0.703. The Morgan fingerprint density at radius 1 is 1.44 bits per heavy atom. The molecule has 1 atom stereocenters. The summed E-state index contributed by atoms with van der Waals surface area (Å²) in [5.74, 6) is -0.471. The fraction of sp³-hybridized carbons (Fsp3) is 0.500. The molecule has 0 radical (unpaired) electrons. The van der Waals surface area contributed by atoms with Gasteiger partial charge in [-0.3, -0.25) is 4.79 Å². The number of ether oxygens (including phenoxy) is 1. The van der Waals surface area contributed by atoms with E-state index in [1.165, 1.54) is 7.11 Å². The molecular formula is C10H14N2O4. The molecule has 0 bridgehead atoms. The zero-order valence-corrected chi connectivity index (χ0v) is 9.66. The minimum atomic E-state index is -0.703. The van der Waals surface area contributed by atoms with Gasteiger partial charge in [0.05, 0.1) is 12.8 Å². The van der Waals surface area contributed by atoms with Gasteiger partial charge in [0.25, 0.3) is 5.91 Å². The van der Waals surface area contributed by atoms with E-state index < -0.39 is 17.9 Å². The van der Waals surface area contributed by atoms with Crippen molar-refractivity contribution in [3.05, 3.63) is 17.0 Å². The zero-order valence-electron chi connectivity index (χ0n) is 9.66. The van der Waals surface area contributed by atoms with E-state index in [1.807, 2.05) is 0 Å². The summed E-state index contributed by atoms with van der Waals surface area (Å²) in [6.45, 7) is 4.84. The Kier molecular flexibility index (Phi) is 3.65. The van der Waals surface area contributed by atoms with Crippen LogP contribution in [0.1, 0.15) is 28.7 Å². The molecule has 0 aliphatic rings. The molecule has 1 unspecified atom stereocenters. The van der Waals surface area contributed by atoms with Gasteiger partial charge in [0, 0.05) is 0 Å². The molecule has 1 heterocycles. The number of esters is 1. The van der Waals surface area contributed by atoms with Crippen molar-refractivity contribution in [2.24, 2.45) is 0 Å². The second-order valence-electron chi connectivity index (χ2n) is 3.42. The lowest BCUT2D eigenvalue weighted by Gasteiger charge is -2.10. The highest BCUT2D eigenvalue weighted by Gasteiger charge is 2.22. The van der Waals surface area contributed by atoms with Gasteiger partial charge in [-0.2, -0.15) is 0 Å². The summed E-state index contributed by atoms with van der Waals surface area (Å²) in [7, 11) is 1.26. The monoisotopic (exact) mass is 226 g/mol. The second kappa shape index (κ2) is 4.78. The first-order chi connectivity index (χ1) is 7.47. The van der Waals surface area contributed by atoms with Crippen LogP contribution in [0.25, 0.3) is 0 Å². The predicted molar refractivity (Wildman–Crippen MR) is 54.9 cm³/mol. The van der Waals surface area contributed by atoms with Crippen molar-refractivity contribution in [3.8, 4) is 0 Å². The van der Waals surface area contributed by atoms with E-state index in [9.17, 15) is 9.59 Å². The van der Waals surface area contributed by atoms with Crippen LogP contribution in [0.5, 0.6) is 0 Å². The Morgan fingerprint density at radius 3 is 2.50 bits per heavy atom. The number of amides is 1. The minimum Gasteiger partial charge on any atom is -0.467 e. The molecule has 0 aliphatic carbocycles. The SMILES string of the molecule is COC(=O)C(C)NC(=O)c1c(C)noc1C. The van der Waals surface area contributed by atoms with E-state index in [1.54, 1.807) is 20.8 Å². The van der Waals surface area contributed by atoms with Crippen molar-refractivity contribution in [2.75, 3.05) is 7.11 Å². The van der Waals surface area contributed by atoms with Gasteiger partial charge in [-0.25, -0.2) is 4.79 Å². The first-order valence-corrected chi connectivity index (χ1v) is 4.79. The number of aromatic nitrogens is 1. The lowest BCUT2D eigenvalue weighted by atomic mass is 10.2. The van der Waals surface area contributed by atoms with Crippen LogP contribution in [0, 0.1) is 13.8 Å². The van der Waals surface area contributed by atoms with Crippen molar-refractivity contribution >= 4 is 11.9 Å². The molecular weight excluding hydrogens is 212 g/mol. The molecule has 1 amide bonds. The van der Waals surface area contributed by atoms with Gasteiger partial charge in [0.15, 0.2) is 0 Å². The number of nitrogens with one attached hydrogen (secondary N) is 1. The van der Waals surface area contributed by atoms with Gasteiger partial charge in [-0.15, -0.1) is 0 Å². The molecule has 0 spiro atoms. The Labute approximate surface area is 92.9 Å². The first kappa shape index (κ1) is 12.2.